The maximum atomic E-state index is 12.8. The fourth-order valence-corrected chi connectivity index (χ4v) is 5.08. The van der Waals surface area contributed by atoms with Gasteiger partial charge >= 0.3 is 12.1 Å². The van der Waals surface area contributed by atoms with Gasteiger partial charge in [0, 0.05) is 0 Å². The summed E-state index contributed by atoms with van der Waals surface area (Å²) in [6, 6.07) is 14.9. The highest BCUT2D eigenvalue weighted by molar-refractivity contribution is 14.1. The first kappa shape index (κ1) is 22.7. The number of alkyl halides is 1. The Kier molecular flexibility index (Phi) is 7.11. The highest BCUT2D eigenvalue weighted by Crippen LogP contribution is 2.33. The topological polar surface area (TPSA) is 108 Å². The molecule has 1 fully saturated rings. The Labute approximate surface area is 188 Å². The lowest BCUT2D eigenvalue weighted by molar-refractivity contribution is -0.158. The monoisotopic (exact) mass is 545 g/mol. The van der Waals surface area contributed by atoms with Crippen LogP contribution in [0.25, 0.3) is 0 Å². The Morgan fingerprint density at radius 1 is 1.13 bits per heavy atom. The van der Waals surface area contributed by atoms with Gasteiger partial charge in [-0.15, -0.1) is 0 Å². The van der Waals surface area contributed by atoms with Crippen molar-refractivity contribution in [3.05, 3.63) is 65.7 Å². The van der Waals surface area contributed by atoms with Gasteiger partial charge in [0.1, 0.15) is 6.61 Å². The second kappa shape index (κ2) is 9.41. The normalized spacial score (nSPS) is 21.2. The van der Waals surface area contributed by atoms with Crippen LogP contribution in [0.15, 0.2) is 59.5 Å². The number of aryl methyl sites for hydroxylation is 1. The molecule has 30 heavy (non-hydrogen) atoms. The SMILES string of the molecule is Cc1ccc(S(=O)(=O)O[C@]2(C(=O)OC(=O)OCc3ccccc3)NCCC2I)cc1. The van der Waals surface area contributed by atoms with Crippen LogP contribution in [0.1, 0.15) is 17.5 Å². The van der Waals surface area contributed by atoms with Gasteiger partial charge in [-0.1, -0.05) is 70.6 Å². The van der Waals surface area contributed by atoms with Gasteiger partial charge in [-0.05, 0) is 37.6 Å². The fourth-order valence-electron chi connectivity index (χ4n) is 2.84. The number of carbonyl (C=O) groups is 2. The molecule has 3 rings (SSSR count). The van der Waals surface area contributed by atoms with Crippen LogP contribution in [0.5, 0.6) is 0 Å². The zero-order valence-electron chi connectivity index (χ0n) is 16.0. The van der Waals surface area contributed by atoms with Crippen molar-refractivity contribution in [2.75, 3.05) is 6.54 Å². The van der Waals surface area contributed by atoms with E-state index < -0.39 is 31.9 Å². The first-order valence-corrected chi connectivity index (χ1v) is 11.7. The number of hydrogen-bond donors (Lipinski definition) is 1. The van der Waals surface area contributed by atoms with Crippen LogP contribution in [-0.4, -0.2) is 36.7 Å². The molecule has 8 nitrogen and oxygen atoms in total. The summed E-state index contributed by atoms with van der Waals surface area (Å²) >= 11 is 1.90. The predicted octanol–water partition coefficient (Wildman–Crippen LogP) is 3.07. The van der Waals surface area contributed by atoms with E-state index in [9.17, 15) is 18.0 Å². The van der Waals surface area contributed by atoms with E-state index in [0.29, 0.717) is 18.5 Å². The van der Waals surface area contributed by atoms with Crippen LogP contribution in [-0.2, 0) is 35.2 Å². The smallest absolute Gasteiger partial charge is 0.429 e. The molecule has 2 atom stereocenters. The van der Waals surface area contributed by atoms with E-state index >= 15 is 0 Å². The zero-order chi connectivity index (χ0) is 21.8. The maximum Gasteiger partial charge on any atom is 0.516 e. The molecule has 1 saturated heterocycles. The van der Waals surface area contributed by atoms with E-state index in [1.54, 1.807) is 36.4 Å². The number of halogens is 1. The number of benzene rings is 2. The highest BCUT2D eigenvalue weighted by atomic mass is 127. The molecular weight excluding hydrogens is 525 g/mol. The minimum Gasteiger partial charge on any atom is -0.429 e. The highest BCUT2D eigenvalue weighted by Gasteiger charge is 2.55. The molecule has 160 valence electrons. The third-order valence-electron chi connectivity index (χ3n) is 4.46. The van der Waals surface area contributed by atoms with E-state index in [0.717, 1.165) is 5.56 Å². The molecule has 1 N–H and O–H groups in total. The summed E-state index contributed by atoms with van der Waals surface area (Å²) in [4.78, 5) is 24.7. The molecule has 0 saturated carbocycles. The molecule has 1 heterocycles. The molecule has 1 aliphatic heterocycles. The molecule has 0 aliphatic carbocycles. The Balaban J connectivity index is 1.73. The summed E-state index contributed by atoms with van der Waals surface area (Å²) in [5.74, 6) is -1.17. The Bertz CT molecular complexity index is 1010. The van der Waals surface area contributed by atoms with Crippen molar-refractivity contribution in [1.82, 2.24) is 5.32 Å². The van der Waals surface area contributed by atoms with E-state index in [2.05, 4.69) is 5.32 Å². The van der Waals surface area contributed by atoms with E-state index in [4.69, 9.17) is 13.7 Å². The van der Waals surface area contributed by atoms with Gasteiger partial charge in [0.2, 0.25) is 5.72 Å². The van der Waals surface area contributed by atoms with Crippen molar-refractivity contribution >= 4 is 44.8 Å². The standard InChI is InChI=1S/C20H20INO7S/c1-14-7-9-16(10-8-14)30(25,26)29-20(17(21)11-12-22-20)18(23)28-19(24)27-13-15-5-3-2-4-6-15/h2-10,17,22H,11-13H2,1H3/t17?,20-/m1/s1. The molecular formula is C20H20INO7S. The van der Waals surface area contributed by atoms with Crippen molar-refractivity contribution in [1.29, 1.82) is 0 Å². The number of ether oxygens (including phenoxy) is 2. The first-order chi connectivity index (χ1) is 14.2. The summed E-state index contributed by atoms with van der Waals surface area (Å²) in [7, 11) is -4.31. The largest absolute Gasteiger partial charge is 0.516 e. The minimum atomic E-state index is -4.31. The van der Waals surface area contributed by atoms with Gasteiger partial charge in [-0.25, -0.2) is 13.8 Å². The first-order valence-electron chi connectivity index (χ1n) is 9.07. The summed E-state index contributed by atoms with van der Waals surface area (Å²) in [6.07, 6.45) is -0.796. The van der Waals surface area contributed by atoms with E-state index in [-0.39, 0.29) is 11.5 Å². The van der Waals surface area contributed by atoms with Crippen molar-refractivity contribution in [3.63, 3.8) is 0 Å². The lowest BCUT2D eigenvalue weighted by atomic mass is 10.2. The molecule has 0 amide bonds. The van der Waals surface area contributed by atoms with Crippen LogP contribution in [0.2, 0.25) is 0 Å². The lowest BCUT2D eigenvalue weighted by Gasteiger charge is -2.28. The maximum absolute atomic E-state index is 12.8. The lowest BCUT2D eigenvalue weighted by Crippen LogP contribution is -2.57. The predicted molar refractivity (Wildman–Crippen MR) is 115 cm³/mol. The van der Waals surface area contributed by atoms with E-state index in [1.807, 2.05) is 35.6 Å². The van der Waals surface area contributed by atoms with Crippen LogP contribution in [0.3, 0.4) is 0 Å². The summed E-state index contributed by atoms with van der Waals surface area (Å²) in [5, 5.41) is 2.74. The molecule has 1 aliphatic rings. The van der Waals surface area contributed by atoms with Gasteiger partial charge in [-0.2, -0.15) is 8.42 Å². The molecule has 2 aromatic rings. The zero-order valence-corrected chi connectivity index (χ0v) is 19.0. The molecule has 0 spiro atoms. The van der Waals surface area contributed by atoms with Gasteiger partial charge in [0.25, 0.3) is 10.1 Å². The Morgan fingerprint density at radius 3 is 2.40 bits per heavy atom. The molecule has 0 aromatic heterocycles. The van der Waals surface area contributed by atoms with Gasteiger partial charge in [-0.3, -0.25) is 5.32 Å². The van der Waals surface area contributed by atoms with Gasteiger partial charge < -0.3 is 9.47 Å². The number of rotatable bonds is 6. The summed E-state index contributed by atoms with van der Waals surface area (Å²) in [5.41, 5.74) is -0.452. The van der Waals surface area contributed by atoms with Gasteiger partial charge in [0.05, 0.1) is 8.82 Å². The van der Waals surface area contributed by atoms with Crippen molar-refractivity contribution in [3.8, 4) is 0 Å². The number of carbonyl (C=O) groups excluding carboxylic acids is 2. The van der Waals surface area contributed by atoms with Crippen LogP contribution in [0.4, 0.5) is 4.79 Å². The molecule has 2 aromatic carbocycles. The molecule has 10 heteroatoms. The van der Waals surface area contributed by atoms with Crippen molar-refractivity contribution < 1.29 is 31.7 Å². The van der Waals surface area contributed by atoms with E-state index in [1.165, 1.54) is 12.1 Å². The van der Waals surface area contributed by atoms with Crippen LogP contribution < -0.4 is 5.32 Å². The number of esters is 1. The quantitative estimate of drug-likeness (QED) is 0.194. The average Bonchev–Trinajstić information content (AvgIpc) is 3.08. The third kappa shape index (κ3) is 5.17. The summed E-state index contributed by atoms with van der Waals surface area (Å²) < 4.78 is 40.0. The second-order valence-electron chi connectivity index (χ2n) is 6.68. The van der Waals surface area contributed by atoms with Crippen molar-refractivity contribution in [2.45, 2.75) is 34.5 Å². The average molecular weight is 545 g/mol. The Hall–Kier alpha value is -2.02. The summed E-state index contributed by atoms with van der Waals surface area (Å²) in [6.45, 7) is 2.03. The second-order valence-corrected chi connectivity index (χ2v) is 9.73. The van der Waals surface area contributed by atoms with Crippen molar-refractivity contribution in [2.24, 2.45) is 0 Å². The fraction of sp³-hybridized carbons (Fsp3) is 0.300. The third-order valence-corrected chi connectivity index (χ3v) is 7.29. The Morgan fingerprint density at radius 2 is 1.80 bits per heavy atom. The number of hydrogen-bond acceptors (Lipinski definition) is 8. The van der Waals surface area contributed by atoms with Gasteiger partial charge in [0.15, 0.2) is 0 Å². The minimum absolute atomic E-state index is 0.0937. The molecule has 0 bridgehead atoms. The van der Waals surface area contributed by atoms with Crippen LogP contribution >= 0.6 is 22.6 Å². The number of nitrogens with one attached hydrogen (secondary N) is 1. The molecule has 0 radical (unpaired) electrons. The van der Waals surface area contributed by atoms with Crippen LogP contribution in [0, 0.1) is 6.92 Å². The molecule has 1 unspecified atom stereocenters.